The Morgan fingerprint density at radius 2 is 1.88 bits per heavy atom. The average Bonchev–Trinajstić information content (AvgIpc) is 2.55. The Morgan fingerprint density at radius 3 is 2.38 bits per heavy atom. The van der Waals surface area contributed by atoms with Gasteiger partial charge >= 0.3 is 18.0 Å². The molecule has 8 nitrogen and oxygen atoms in total. The molecule has 2 rings (SSSR count). The number of carboxylic acids is 2. The van der Waals surface area contributed by atoms with Gasteiger partial charge in [-0.2, -0.15) is 0 Å². The number of nitrogens with zero attached hydrogens (tertiary/aromatic N) is 1. The summed E-state index contributed by atoms with van der Waals surface area (Å²) in [5.41, 5.74) is -1.16. The van der Waals surface area contributed by atoms with E-state index in [-0.39, 0.29) is 19.1 Å². The monoisotopic (exact) mass is 336 g/mol. The molecule has 0 saturated carbocycles. The van der Waals surface area contributed by atoms with Crippen molar-refractivity contribution < 1.29 is 29.3 Å². The van der Waals surface area contributed by atoms with E-state index in [1.807, 2.05) is 0 Å². The fourth-order valence-corrected chi connectivity index (χ4v) is 2.62. The maximum Gasteiger partial charge on any atom is 0.348 e. The lowest BCUT2D eigenvalue weighted by Crippen LogP contribution is -2.51. The standard InChI is InChI=1S/C16H20N2O6/c1-2-24-16(13(19)20,14(21)22)10-11-4-6-12(7-5-11)18-9-3-8-17-15(18)23/h4-7H,2-3,8-10H2,1H3,(H,17,23)(H,19,20)(H,21,22). The fourth-order valence-electron chi connectivity index (χ4n) is 2.62. The summed E-state index contributed by atoms with van der Waals surface area (Å²) in [5, 5.41) is 21.4. The van der Waals surface area contributed by atoms with E-state index in [9.17, 15) is 24.6 Å². The SMILES string of the molecule is CCOC(Cc1ccc(N2CCCNC2=O)cc1)(C(=O)O)C(=O)O. The maximum absolute atomic E-state index is 11.8. The molecule has 3 N–H and O–H groups in total. The van der Waals surface area contributed by atoms with Gasteiger partial charge in [0.25, 0.3) is 5.60 Å². The summed E-state index contributed by atoms with van der Waals surface area (Å²) in [7, 11) is 0. The number of nitrogens with one attached hydrogen (secondary N) is 1. The van der Waals surface area contributed by atoms with Gasteiger partial charge in [-0.25, -0.2) is 14.4 Å². The summed E-state index contributed by atoms with van der Waals surface area (Å²) in [6, 6.07) is 6.36. The van der Waals surface area contributed by atoms with E-state index in [1.54, 1.807) is 36.1 Å². The van der Waals surface area contributed by atoms with E-state index < -0.39 is 17.5 Å². The lowest BCUT2D eigenvalue weighted by atomic mass is 9.94. The van der Waals surface area contributed by atoms with Crippen LogP contribution < -0.4 is 10.2 Å². The van der Waals surface area contributed by atoms with Crippen LogP contribution in [0.4, 0.5) is 10.5 Å². The minimum atomic E-state index is -2.32. The van der Waals surface area contributed by atoms with Gasteiger partial charge < -0.3 is 20.3 Å². The Hall–Kier alpha value is -2.61. The number of anilines is 1. The van der Waals surface area contributed by atoms with Crippen LogP contribution in [0.15, 0.2) is 24.3 Å². The number of rotatable bonds is 7. The molecule has 0 atom stereocenters. The maximum atomic E-state index is 11.8. The van der Waals surface area contributed by atoms with Crippen LogP contribution >= 0.6 is 0 Å². The average molecular weight is 336 g/mol. The molecule has 0 unspecified atom stereocenters. The van der Waals surface area contributed by atoms with Gasteiger partial charge in [0.15, 0.2) is 0 Å². The van der Waals surface area contributed by atoms with Crippen LogP contribution in [0.2, 0.25) is 0 Å². The molecule has 1 saturated heterocycles. The van der Waals surface area contributed by atoms with E-state index in [0.717, 1.165) is 6.42 Å². The number of carbonyl (C=O) groups excluding carboxylic acids is 1. The summed E-state index contributed by atoms with van der Waals surface area (Å²) in [4.78, 5) is 36.3. The third-order valence-corrected chi connectivity index (χ3v) is 3.86. The highest BCUT2D eigenvalue weighted by atomic mass is 16.5. The highest BCUT2D eigenvalue weighted by Crippen LogP contribution is 2.23. The van der Waals surface area contributed by atoms with Gasteiger partial charge in [-0.1, -0.05) is 12.1 Å². The largest absolute Gasteiger partial charge is 0.479 e. The Bertz CT molecular complexity index is 614. The molecule has 0 aliphatic carbocycles. The van der Waals surface area contributed by atoms with Crippen molar-refractivity contribution in [3.8, 4) is 0 Å². The number of ether oxygens (including phenoxy) is 1. The van der Waals surface area contributed by atoms with Crippen molar-refractivity contribution in [1.29, 1.82) is 0 Å². The predicted octanol–water partition coefficient (Wildman–Crippen LogP) is 1.09. The number of aliphatic carboxylic acids is 2. The van der Waals surface area contributed by atoms with Crippen LogP contribution in [0.5, 0.6) is 0 Å². The molecular formula is C16H20N2O6. The molecular weight excluding hydrogens is 316 g/mol. The van der Waals surface area contributed by atoms with Gasteiger partial charge in [0.2, 0.25) is 0 Å². The molecule has 1 aromatic rings. The number of benzene rings is 1. The minimum absolute atomic E-state index is 0.0371. The molecule has 0 aromatic heterocycles. The quantitative estimate of drug-likeness (QED) is 0.642. The van der Waals surface area contributed by atoms with E-state index in [0.29, 0.717) is 24.3 Å². The van der Waals surface area contributed by atoms with Gasteiger partial charge in [0.05, 0.1) is 0 Å². The van der Waals surface area contributed by atoms with Gasteiger partial charge in [0, 0.05) is 31.8 Å². The molecule has 1 heterocycles. The minimum Gasteiger partial charge on any atom is -0.479 e. The molecule has 0 bridgehead atoms. The topological polar surface area (TPSA) is 116 Å². The Kier molecular flexibility index (Phi) is 5.40. The smallest absolute Gasteiger partial charge is 0.348 e. The lowest BCUT2D eigenvalue weighted by Gasteiger charge is -2.28. The second-order valence-corrected chi connectivity index (χ2v) is 5.45. The molecule has 1 aliphatic heterocycles. The van der Waals surface area contributed by atoms with Crippen LogP contribution in [-0.2, 0) is 20.7 Å². The molecule has 0 radical (unpaired) electrons. The third kappa shape index (κ3) is 3.48. The normalized spacial score (nSPS) is 15.0. The molecule has 0 spiro atoms. The van der Waals surface area contributed by atoms with Crippen LogP contribution in [0.1, 0.15) is 18.9 Å². The summed E-state index contributed by atoms with van der Waals surface area (Å²) in [6.45, 7) is 2.74. The van der Waals surface area contributed by atoms with Gasteiger partial charge in [-0.05, 0) is 31.0 Å². The fraction of sp³-hybridized carbons (Fsp3) is 0.438. The zero-order chi connectivity index (χ0) is 17.7. The molecule has 8 heteroatoms. The molecule has 1 fully saturated rings. The van der Waals surface area contributed by atoms with Crippen molar-refractivity contribution in [2.75, 3.05) is 24.6 Å². The number of urea groups is 1. The van der Waals surface area contributed by atoms with Crippen LogP contribution in [-0.4, -0.2) is 53.5 Å². The summed E-state index contributed by atoms with van der Waals surface area (Å²) < 4.78 is 5.05. The van der Waals surface area contributed by atoms with E-state index in [1.165, 1.54) is 0 Å². The first-order valence-corrected chi connectivity index (χ1v) is 7.65. The van der Waals surface area contributed by atoms with Gasteiger partial charge in [-0.3, -0.25) is 4.90 Å². The van der Waals surface area contributed by atoms with Crippen molar-refractivity contribution in [2.45, 2.75) is 25.4 Å². The van der Waals surface area contributed by atoms with Crippen molar-refractivity contribution in [2.24, 2.45) is 0 Å². The number of hydrogen-bond acceptors (Lipinski definition) is 4. The predicted molar refractivity (Wildman–Crippen MR) is 85.1 cm³/mol. The lowest BCUT2D eigenvalue weighted by molar-refractivity contribution is -0.182. The second kappa shape index (κ2) is 7.31. The third-order valence-electron chi connectivity index (χ3n) is 3.86. The van der Waals surface area contributed by atoms with E-state index >= 15 is 0 Å². The Labute approximate surface area is 139 Å². The van der Waals surface area contributed by atoms with Gasteiger partial charge in [-0.15, -0.1) is 0 Å². The van der Waals surface area contributed by atoms with Crippen molar-refractivity contribution in [3.05, 3.63) is 29.8 Å². The summed E-state index contributed by atoms with van der Waals surface area (Å²) >= 11 is 0. The number of carboxylic acid groups (broad SMARTS) is 2. The Morgan fingerprint density at radius 1 is 1.25 bits per heavy atom. The zero-order valence-electron chi connectivity index (χ0n) is 13.3. The number of hydrogen-bond donors (Lipinski definition) is 3. The Balaban J connectivity index is 2.21. The van der Waals surface area contributed by atoms with Crippen molar-refractivity contribution >= 4 is 23.7 Å². The molecule has 1 aromatic carbocycles. The second-order valence-electron chi connectivity index (χ2n) is 5.45. The van der Waals surface area contributed by atoms with E-state index in [4.69, 9.17) is 4.74 Å². The van der Waals surface area contributed by atoms with Crippen LogP contribution in [0.3, 0.4) is 0 Å². The van der Waals surface area contributed by atoms with Crippen molar-refractivity contribution in [1.82, 2.24) is 5.32 Å². The highest BCUT2D eigenvalue weighted by Gasteiger charge is 2.48. The first kappa shape index (κ1) is 17.7. The van der Waals surface area contributed by atoms with Crippen molar-refractivity contribution in [3.63, 3.8) is 0 Å². The summed E-state index contributed by atoms with van der Waals surface area (Å²) in [5.74, 6) is -3.09. The molecule has 1 aliphatic rings. The summed E-state index contributed by atoms with van der Waals surface area (Å²) in [6.07, 6.45) is 0.525. The highest BCUT2D eigenvalue weighted by molar-refractivity contribution is 6.02. The first-order chi connectivity index (χ1) is 11.4. The number of amides is 2. The van der Waals surface area contributed by atoms with E-state index in [2.05, 4.69) is 5.32 Å². The first-order valence-electron chi connectivity index (χ1n) is 7.65. The number of carbonyl (C=O) groups is 3. The van der Waals surface area contributed by atoms with Crippen LogP contribution in [0, 0.1) is 0 Å². The molecule has 130 valence electrons. The van der Waals surface area contributed by atoms with Crippen LogP contribution in [0.25, 0.3) is 0 Å². The molecule has 24 heavy (non-hydrogen) atoms. The zero-order valence-corrected chi connectivity index (χ0v) is 13.3. The molecule has 2 amide bonds. The van der Waals surface area contributed by atoms with Gasteiger partial charge in [0.1, 0.15) is 0 Å².